The van der Waals surface area contributed by atoms with Crippen molar-refractivity contribution in [2.75, 3.05) is 27.4 Å². The first kappa shape index (κ1) is 8.16. The molecule has 5 heteroatoms. The summed E-state index contributed by atoms with van der Waals surface area (Å²) in [5.74, 6) is -0.191. The van der Waals surface area contributed by atoms with Crippen LogP contribution >= 0.6 is 0 Å². The molecule has 0 aromatic carbocycles. The summed E-state index contributed by atoms with van der Waals surface area (Å²) < 4.78 is -0.291. The van der Waals surface area contributed by atoms with Gasteiger partial charge in [0.2, 0.25) is 0 Å². The summed E-state index contributed by atoms with van der Waals surface area (Å²) in [7, 11) is 3.03. The number of carbonyl (C=O) groups is 2. The fourth-order valence-corrected chi connectivity index (χ4v) is 0.978. The minimum Gasteiger partial charge on any atom is -0.376 e. The van der Waals surface area contributed by atoms with Crippen LogP contribution in [0.3, 0.4) is 0 Å². The smallest absolute Gasteiger partial charge is 0.376 e. The minimum atomic E-state index is -0.383. The first-order valence-corrected chi connectivity index (χ1v) is 3.28. The molecular formula is C6H11N2O3+. The number of hydrogen-bond donors (Lipinski definition) is 1. The van der Waals surface area contributed by atoms with E-state index in [1.165, 1.54) is 14.1 Å². The normalized spacial score (nSPS) is 23.0. The second-order valence-electron chi connectivity index (χ2n) is 2.97. The number of aliphatic hydroxyl groups excluding tert-OH is 1. The molecule has 1 aliphatic heterocycles. The van der Waals surface area contributed by atoms with Crippen LogP contribution < -0.4 is 0 Å². The van der Waals surface area contributed by atoms with Crippen molar-refractivity contribution >= 4 is 11.9 Å². The Balaban J connectivity index is 2.89. The van der Waals surface area contributed by atoms with E-state index < -0.39 is 0 Å². The summed E-state index contributed by atoms with van der Waals surface area (Å²) in [6.07, 6.45) is 0. The Morgan fingerprint density at radius 3 is 2.27 bits per heavy atom. The van der Waals surface area contributed by atoms with Gasteiger partial charge in [-0.05, 0) is 0 Å². The van der Waals surface area contributed by atoms with Crippen molar-refractivity contribution in [2.45, 2.75) is 0 Å². The number of carbonyl (C=O) groups excluding carboxylic acids is 2. The molecule has 1 N–H and O–H groups in total. The van der Waals surface area contributed by atoms with E-state index in [1.54, 1.807) is 0 Å². The molecule has 5 nitrogen and oxygen atoms in total. The second kappa shape index (κ2) is 2.28. The third-order valence-corrected chi connectivity index (χ3v) is 1.87. The van der Waals surface area contributed by atoms with Gasteiger partial charge in [-0.3, -0.25) is 4.90 Å². The third kappa shape index (κ3) is 1.02. The summed E-state index contributed by atoms with van der Waals surface area (Å²) >= 11 is 0. The van der Waals surface area contributed by atoms with Crippen LogP contribution in [0.4, 0.5) is 4.79 Å². The highest BCUT2D eigenvalue weighted by atomic mass is 16.3. The van der Waals surface area contributed by atoms with Crippen LogP contribution in [0.25, 0.3) is 0 Å². The average molecular weight is 159 g/mol. The number of rotatable bonds is 1. The number of urea groups is 1. The molecule has 0 radical (unpaired) electrons. The minimum absolute atomic E-state index is 0.0162. The van der Waals surface area contributed by atoms with Crippen LogP contribution in [0.15, 0.2) is 0 Å². The van der Waals surface area contributed by atoms with Gasteiger partial charge in [-0.25, -0.2) is 9.59 Å². The van der Waals surface area contributed by atoms with Crippen LogP contribution in [0.1, 0.15) is 0 Å². The van der Waals surface area contributed by atoms with E-state index in [0.717, 1.165) is 4.90 Å². The van der Waals surface area contributed by atoms with Crippen LogP contribution in [0.2, 0.25) is 0 Å². The molecule has 1 heterocycles. The Hall–Kier alpha value is -0.940. The van der Waals surface area contributed by atoms with Crippen LogP contribution in [-0.2, 0) is 4.79 Å². The summed E-state index contributed by atoms with van der Waals surface area (Å²) in [6, 6.07) is -0.350. The maximum Gasteiger partial charge on any atom is 0.428 e. The Labute approximate surface area is 64.4 Å². The monoisotopic (exact) mass is 159 g/mol. The predicted octanol–water partition coefficient (Wildman–Crippen LogP) is -1.03. The molecule has 0 unspecified atom stereocenters. The molecule has 0 aromatic rings. The Morgan fingerprint density at radius 2 is 2.09 bits per heavy atom. The number of likely N-dealkylation sites (N-methyl/N-ethyl adjacent to an activating group) is 1. The molecule has 62 valence electrons. The van der Waals surface area contributed by atoms with Gasteiger partial charge < -0.3 is 5.11 Å². The van der Waals surface area contributed by atoms with E-state index in [-0.39, 0.29) is 29.7 Å². The Morgan fingerprint density at radius 1 is 1.55 bits per heavy atom. The SMILES string of the molecule is C[N+]1(C)C(=O)CN(CO)C1=O. The number of amides is 3. The molecular weight excluding hydrogens is 148 g/mol. The summed E-state index contributed by atoms with van der Waals surface area (Å²) in [5, 5.41) is 8.63. The van der Waals surface area contributed by atoms with E-state index in [0.29, 0.717) is 0 Å². The van der Waals surface area contributed by atoms with Crippen molar-refractivity contribution in [1.29, 1.82) is 0 Å². The first-order valence-electron chi connectivity index (χ1n) is 3.28. The molecule has 11 heavy (non-hydrogen) atoms. The number of hydrogen-bond acceptors (Lipinski definition) is 3. The predicted molar refractivity (Wildman–Crippen MR) is 36.3 cm³/mol. The highest BCUT2D eigenvalue weighted by molar-refractivity contribution is 5.91. The van der Waals surface area contributed by atoms with Crippen LogP contribution in [-0.4, -0.2) is 53.8 Å². The van der Waals surface area contributed by atoms with Gasteiger partial charge in [0.25, 0.3) is 0 Å². The van der Waals surface area contributed by atoms with Gasteiger partial charge in [0.15, 0.2) is 0 Å². The van der Waals surface area contributed by atoms with Gasteiger partial charge in [0, 0.05) is 0 Å². The highest BCUT2D eigenvalue weighted by Crippen LogP contribution is 2.13. The van der Waals surface area contributed by atoms with Gasteiger partial charge >= 0.3 is 11.9 Å². The maximum atomic E-state index is 11.2. The molecule has 1 rings (SSSR count). The number of imide groups is 1. The largest absolute Gasteiger partial charge is 0.428 e. The van der Waals surface area contributed by atoms with Crippen molar-refractivity contribution in [3.05, 3.63) is 0 Å². The number of quaternary nitrogens is 1. The van der Waals surface area contributed by atoms with E-state index in [1.807, 2.05) is 0 Å². The molecule has 3 amide bonds. The number of nitrogens with zero attached hydrogens (tertiary/aromatic N) is 2. The lowest BCUT2D eigenvalue weighted by Crippen LogP contribution is -2.46. The Bertz CT molecular complexity index is 212. The summed E-state index contributed by atoms with van der Waals surface area (Å²) in [5.41, 5.74) is 0. The van der Waals surface area contributed by atoms with Crippen LogP contribution in [0, 0.1) is 0 Å². The lowest BCUT2D eigenvalue weighted by Gasteiger charge is -2.16. The van der Waals surface area contributed by atoms with E-state index >= 15 is 0 Å². The van der Waals surface area contributed by atoms with Gasteiger partial charge in [0.05, 0.1) is 14.1 Å². The average Bonchev–Trinajstić information content (AvgIpc) is 2.14. The van der Waals surface area contributed by atoms with E-state index in [2.05, 4.69) is 0 Å². The van der Waals surface area contributed by atoms with Crippen molar-refractivity contribution < 1.29 is 19.2 Å². The highest BCUT2D eigenvalue weighted by Gasteiger charge is 2.47. The van der Waals surface area contributed by atoms with Gasteiger partial charge in [-0.15, -0.1) is 0 Å². The maximum absolute atomic E-state index is 11.2. The quantitative estimate of drug-likeness (QED) is 0.393. The van der Waals surface area contributed by atoms with Crippen molar-refractivity contribution in [3.63, 3.8) is 0 Å². The zero-order valence-corrected chi connectivity index (χ0v) is 6.57. The second-order valence-corrected chi connectivity index (χ2v) is 2.97. The van der Waals surface area contributed by atoms with Crippen molar-refractivity contribution in [1.82, 2.24) is 4.90 Å². The fraction of sp³-hybridized carbons (Fsp3) is 0.667. The van der Waals surface area contributed by atoms with Crippen molar-refractivity contribution in [2.24, 2.45) is 0 Å². The molecule has 1 saturated heterocycles. The van der Waals surface area contributed by atoms with Crippen LogP contribution in [0.5, 0.6) is 0 Å². The molecule has 0 spiro atoms. The molecule has 0 atom stereocenters. The standard InChI is InChI=1S/C6H11N2O3/c1-8(2)5(10)3-7(4-9)6(8)11/h9H,3-4H2,1-2H3/q+1. The zero-order valence-electron chi connectivity index (χ0n) is 6.57. The van der Waals surface area contributed by atoms with Gasteiger partial charge in [-0.1, -0.05) is 0 Å². The molecule has 0 bridgehead atoms. The Kier molecular flexibility index (Phi) is 1.69. The van der Waals surface area contributed by atoms with Crippen molar-refractivity contribution in [3.8, 4) is 0 Å². The third-order valence-electron chi connectivity index (χ3n) is 1.87. The topological polar surface area (TPSA) is 57.6 Å². The molecule has 0 aromatic heterocycles. The lowest BCUT2D eigenvalue weighted by molar-refractivity contribution is -0.723. The fourth-order valence-electron chi connectivity index (χ4n) is 0.978. The first-order chi connectivity index (χ1) is 5.00. The summed E-state index contributed by atoms with van der Waals surface area (Å²) in [4.78, 5) is 23.4. The van der Waals surface area contributed by atoms with Gasteiger partial charge in [-0.2, -0.15) is 4.48 Å². The molecule has 0 saturated carbocycles. The zero-order chi connectivity index (χ0) is 8.65. The van der Waals surface area contributed by atoms with E-state index in [4.69, 9.17) is 5.11 Å². The van der Waals surface area contributed by atoms with E-state index in [9.17, 15) is 9.59 Å². The lowest BCUT2D eigenvalue weighted by atomic mass is 10.5. The molecule has 0 aliphatic carbocycles. The molecule has 1 fully saturated rings. The molecule has 1 aliphatic rings. The summed E-state index contributed by atoms with van der Waals surface area (Å²) in [6.45, 7) is -0.366. The number of aliphatic hydroxyl groups is 1. The van der Waals surface area contributed by atoms with Gasteiger partial charge in [0.1, 0.15) is 13.3 Å².